The number of nitrogens with one attached hydrogen (secondary N) is 1. The van der Waals surface area contributed by atoms with Crippen LogP contribution in [0, 0.1) is 0 Å². The molecule has 25 heavy (non-hydrogen) atoms. The predicted octanol–water partition coefficient (Wildman–Crippen LogP) is 3.61. The first-order chi connectivity index (χ1) is 12.2. The number of carbonyl (C=O) groups is 2. The second-order valence-electron chi connectivity index (χ2n) is 6.38. The lowest BCUT2D eigenvalue weighted by Crippen LogP contribution is -2.36. The zero-order valence-corrected chi connectivity index (χ0v) is 14.0. The summed E-state index contributed by atoms with van der Waals surface area (Å²) >= 11 is 0. The molecular weight excluding hydrogens is 314 g/mol. The normalized spacial score (nSPS) is 19.6. The van der Waals surface area contributed by atoms with E-state index in [0.29, 0.717) is 12.0 Å². The highest BCUT2D eigenvalue weighted by atomic mass is 16.2. The Morgan fingerprint density at radius 1 is 1.16 bits per heavy atom. The third-order valence-corrected chi connectivity index (χ3v) is 4.80. The van der Waals surface area contributed by atoms with E-state index in [1.54, 1.807) is 24.2 Å². The number of pyridine rings is 1. The maximum atomic E-state index is 12.8. The summed E-state index contributed by atoms with van der Waals surface area (Å²) in [4.78, 5) is 31.3. The number of carbonyl (C=O) groups excluding carboxylic acids is 2. The van der Waals surface area contributed by atoms with Crippen LogP contribution in [0.4, 0.5) is 11.4 Å². The number of hydrogen-bond donors (Lipinski definition) is 1. The van der Waals surface area contributed by atoms with Gasteiger partial charge in [0.15, 0.2) is 5.78 Å². The minimum Gasteiger partial charge on any atom is -0.357 e. The Morgan fingerprint density at radius 3 is 2.68 bits per heavy atom. The van der Waals surface area contributed by atoms with E-state index in [0.717, 1.165) is 35.5 Å². The van der Waals surface area contributed by atoms with E-state index in [1.807, 2.05) is 36.4 Å². The van der Waals surface area contributed by atoms with Gasteiger partial charge in [-0.1, -0.05) is 12.1 Å². The van der Waals surface area contributed by atoms with Crippen molar-refractivity contribution in [2.45, 2.75) is 32.2 Å². The van der Waals surface area contributed by atoms with Crippen LogP contribution in [0.15, 0.2) is 60.1 Å². The van der Waals surface area contributed by atoms with Crippen LogP contribution in [-0.2, 0) is 9.59 Å². The molecule has 5 heteroatoms. The average molecular weight is 333 g/mol. The Bertz CT molecular complexity index is 874. The Kier molecular flexibility index (Phi) is 3.84. The highest BCUT2D eigenvalue weighted by molar-refractivity contribution is 6.05. The quantitative estimate of drug-likeness (QED) is 0.866. The van der Waals surface area contributed by atoms with Crippen LogP contribution < -0.4 is 10.2 Å². The van der Waals surface area contributed by atoms with Crippen molar-refractivity contribution in [3.05, 3.63) is 65.6 Å². The van der Waals surface area contributed by atoms with Crippen LogP contribution in [0.3, 0.4) is 0 Å². The van der Waals surface area contributed by atoms with Crippen molar-refractivity contribution >= 4 is 23.1 Å². The molecule has 0 saturated heterocycles. The number of hydrogen-bond acceptors (Lipinski definition) is 4. The minimum atomic E-state index is -0.431. The molecule has 5 nitrogen and oxygen atoms in total. The maximum Gasteiger partial charge on any atom is 0.224 e. The van der Waals surface area contributed by atoms with Gasteiger partial charge in [-0.2, -0.15) is 0 Å². The number of benzene rings is 1. The number of allylic oxidation sites excluding steroid dienone is 1. The first-order valence-corrected chi connectivity index (χ1v) is 8.49. The fourth-order valence-electron chi connectivity index (χ4n) is 3.74. The van der Waals surface area contributed by atoms with Crippen molar-refractivity contribution in [2.24, 2.45) is 0 Å². The van der Waals surface area contributed by atoms with Gasteiger partial charge in [0.25, 0.3) is 0 Å². The van der Waals surface area contributed by atoms with Crippen LogP contribution in [0.25, 0.3) is 0 Å². The number of rotatable bonds is 1. The number of anilines is 2. The summed E-state index contributed by atoms with van der Waals surface area (Å²) in [6.07, 6.45) is 5.56. The molecular formula is C20H19N3O2. The van der Waals surface area contributed by atoms with Crippen molar-refractivity contribution in [1.29, 1.82) is 0 Å². The van der Waals surface area contributed by atoms with E-state index in [-0.39, 0.29) is 11.7 Å². The van der Waals surface area contributed by atoms with E-state index in [2.05, 4.69) is 10.3 Å². The molecule has 0 spiro atoms. The zero-order valence-electron chi connectivity index (χ0n) is 14.0. The largest absolute Gasteiger partial charge is 0.357 e. The molecule has 1 aliphatic carbocycles. The molecule has 0 fully saturated rings. The van der Waals surface area contributed by atoms with Gasteiger partial charge in [0.05, 0.1) is 17.4 Å². The molecule has 0 unspecified atom stereocenters. The molecule has 2 heterocycles. The molecule has 4 rings (SSSR count). The predicted molar refractivity (Wildman–Crippen MR) is 96.1 cm³/mol. The van der Waals surface area contributed by atoms with Gasteiger partial charge < -0.3 is 5.32 Å². The molecule has 0 bridgehead atoms. The maximum absolute atomic E-state index is 12.8. The Morgan fingerprint density at radius 2 is 1.92 bits per heavy atom. The lowest BCUT2D eigenvalue weighted by Gasteiger charge is -2.33. The SMILES string of the molecule is CC(=O)N1c2ccccc2NC2=C(C(=O)CCC2)[C@@H]1c1ccncc1. The lowest BCUT2D eigenvalue weighted by atomic mass is 9.86. The van der Waals surface area contributed by atoms with Gasteiger partial charge in [-0.3, -0.25) is 19.5 Å². The van der Waals surface area contributed by atoms with Crippen LogP contribution >= 0.6 is 0 Å². The first-order valence-electron chi connectivity index (χ1n) is 8.49. The number of para-hydroxylation sites is 2. The van der Waals surface area contributed by atoms with Crippen LogP contribution in [0.1, 0.15) is 37.8 Å². The highest BCUT2D eigenvalue weighted by Crippen LogP contribution is 2.44. The third-order valence-electron chi connectivity index (χ3n) is 4.80. The van der Waals surface area contributed by atoms with E-state index >= 15 is 0 Å². The first kappa shape index (κ1) is 15.6. The Hall–Kier alpha value is -2.95. The summed E-state index contributed by atoms with van der Waals surface area (Å²) in [6, 6.07) is 11.0. The molecule has 1 aliphatic heterocycles. The van der Waals surface area contributed by atoms with E-state index in [4.69, 9.17) is 0 Å². The second kappa shape index (κ2) is 6.16. The molecule has 1 amide bonds. The molecule has 2 aromatic rings. The van der Waals surface area contributed by atoms with Crippen molar-refractivity contribution in [3.8, 4) is 0 Å². The van der Waals surface area contributed by atoms with Gasteiger partial charge in [0.1, 0.15) is 0 Å². The van der Waals surface area contributed by atoms with Gasteiger partial charge in [0.2, 0.25) is 5.91 Å². The van der Waals surface area contributed by atoms with Crippen molar-refractivity contribution in [3.63, 3.8) is 0 Å². The van der Waals surface area contributed by atoms with Gasteiger partial charge in [0, 0.05) is 37.0 Å². The van der Waals surface area contributed by atoms with Crippen molar-refractivity contribution in [1.82, 2.24) is 4.98 Å². The topological polar surface area (TPSA) is 62.3 Å². The molecule has 1 N–H and O–H groups in total. The molecule has 1 aromatic carbocycles. The van der Waals surface area contributed by atoms with Gasteiger partial charge in [-0.05, 0) is 42.7 Å². The van der Waals surface area contributed by atoms with Gasteiger partial charge >= 0.3 is 0 Å². The highest BCUT2D eigenvalue weighted by Gasteiger charge is 2.38. The number of aromatic nitrogens is 1. The van der Waals surface area contributed by atoms with Crippen LogP contribution in [0.5, 0.6) is 0 Å². The summed E-state index contributed by atoms with van der Waals surface area (Å²) < 4.78 is 0. The van der Waals surface area contributed by atoms with E-state index in [1.165, 1.54) is 0 Å². The molecule has 0 radical (unpaired) electrons. The fourth-order valence-corrected chi connectivity index (χ4v) is 3.74. The molecule has 2 aliphatic rings. The Labute approximate surface area is 146 Å². The zero-order chi connectivity index (χ0) is 17.4. The summed E-state index contributed by atoms with van der Waals surface area (Å²) in [6.45, 7) is 1.55. The number of nitrogens with zero attached hydrogens (tertiary/aromatic N) is 2. The number of ketones is 1. The van der Waals surface area contributed by atoms with Gasteiger partial charge in [-0.25, -0.2) is 0 Å². The molecule has 126 valence electrons. The van der Waals surface area contributed by atoms with Gasteiger partial charge in [-0.15, -0.1) is 0 Å². The smallest absolute Gasteiger partial charge is 0.224 e. The second-order valence-corrected chi connectivity index (χ2v) is 6.38. The summed E-state index contributed by atoms with van der Waals surface area (Å²) in [5.41, 5.74) is 4.17. The van der Waals surface area contributed by atoms with E-state index in [9.17, 15) is 9.59 Å². The number of amides is 1. The summed E-state index contributed by atoms with van der Waals surface area (Å²) in [5, 5.41) is 3.43. The lowest BCUT2D eigenvalue weighted by molar-refractivity contribution is -0.117. The average Bonchev–Trinajstić information content (AvgIpc) is 2.77. The third kappa shape index (κ3) is 2.61. The fraction of sp³-hybridized carbons (Fsp3) is 0.250. The summed E-state index contributed by atoms with van der Waals surface area (Å²) in [5.74, 6) is 0.0119. The Balaban J connectivity index is 2.00. The van der Waals surface area contributed by atoms with Crippen LogP contribution in [-0.4, -0.2) is 16.7 Å². The van der Waals surface area contributed by atoms with Crippen LogP contribution in [0.2, 0.25) is 0 Å². The molecule has 1 atom stereocenters. The monoisotopic (exact) mass is 333 g/mol. The standard InChI is InChI=1S/C20H19N3O2/c1-13(24)23-17-7-3-2-5-15(17)22-16-6-4-8-18(25)19(16)20(23)14-9-11-21-12-10-14/h2-3,5,7,9-12,20,22H,4,6,8H2,1H3/t20-/m0/s1. The number of Topliss-reactive ketones (excluding diaryl/α,β-unsaturated/α-hetero) is 1. The summed E-state index contributed by atoms with van der Waals surface area (Å²) in [7, 11) is 0. The number of fused-ring (bicyclic) bond motifs is 1. The minimum absolute atomic E-state index is 0.0943. The van der Waals surface area contributed by atoms with Crippen molar-refractivity contribution < 1.29 is 9.59 Å². The molecule has 0 saturated carbocycles. The van der Waals surface area contributed by atoms with E-state index < -0.39 is 6.04 Å². The van der Waals surface area contributed by atoms with Crippen molar-refractivity contribution in [2.75, 3.05) is 10.2 Å². The molecule has 1 aromatic heterocycles.